The van der Waals surface area contributed by atoms with Crippen molar-refractivity contribution in [3.8, 4) is 0 Å². The Bertz CT molecular complexity index is 605. The average molecular weight is 393 g/mol. The Balaban J connectivity index is 1.79. The lowest BCUT2D eigenvalue weighted by atomic mass is 9.50. The van der Waals surface area contributed by atoms with Gasteiger partial charge in [0.15, 0.2) is 0 Å². The summed E-state index contributed by atoms with van der Waals surface area (Å²) in [5.74, 6) is 1.81. The minimum absolute atomic E-state index is 0.105. The molecule has 0 saturated heterocycles. The predicted octanol–water partition coefficient (Wildman–Crippen LogP) is 4.99. The summed E-state index contributed by atoms with van der Waals surface area (Å²) in [5, 5.41) is 0. The van der Waals surface area contributed by atoms with Gasteiger partial charge in [0.2, 0.25) is 0 Å². The monoisotopic (exact) mass is 392 g/mol. The van der Waals surface area contributed by atoms with E-state index < -0.39 is 0 Å². The Kier molecular flexibility index (Phi) is 5.46. The van der Waals surface area contributed by atoms with Gasteiger partial charge < -0.3 is 14.2 Å². The van der Waals surface area contributed by atoms with E-state index in [1.807, 2.05) is 7.11 Å². The maximum absolute atomic E-state index is 14.0. The first kappa shape index (κ1) is 20.8. The molecular formula is C24H40O4. The molecule has 1 spiro atoms. The van der Waals surface area contributed by atoms with Gasteiger partial charge in [0.1, 0.15) is 12.6 Å². The molecule has 4 fully saturated rings. The third-order valence-corrected chi connectivity index (χ3v) is 9.48. The van der Waals surface area contributed by atoms with Crippen molar-refractivity contribution in [1.29, 1.82) is 0 Å². The minimum atomic E-state index is -0.283. The molecule has 4 aliphatic carbocycles. The fraction of sp³-hybridized carbons (Fsp3) is 0.958. The molecule has 4 nitrogen and oxygen atoms in total. The summed E-state index contributed by atoms with van der Waals surface area (Å²) in [6.45, 7) is 7.03. The first-order valence-electron chi connectivity index (χ1n) is 11.6. The van der Waals surface area contributed by atoms with E-state index in [2.05, 4.69) is 20.8 Å². The van der Waals surface area contributed by atoms with Crippen LogP contribution in [0.3, 0.4) is 0 Å². The molecule has 2 bridgehead atoms. The lowest BCUT2D eigenvalue weighted by Crippen LogP contribution is -2.57. The molecule has 0 heterocycles. The van der Waals surface area contributed by atoms with E-state index in [1.54, 1.807) is 7.11 Å². The molecule has 0 aliphatic heterocycles. The molecular weight excluding hydrogens is 352 g/mol. The van der Waals surface area contributed by atoms with Crippen molar-refractivity contribution in [3.05, 3.63) is 0 Å². The maximum atomic E-state index is 14.0. The number of ether oxygens (including phenoxy) is 3. The van der Waals surface area contributed by atoms with E-state index in [-0.39, 0.29) is 34.4 Å². The summed E-state index contributed by atoms with van der Waals surface area (Å²) in [6.07, 6.45) is 10.4. The Morgan fingerprint density at radius 2 is 1.89 bits per heavy atom. The number of hydrogen-bond donors (Lipinski definition) is 0. The van der Waals surface area contributed by atoms with E-state index in [9.17, 15) is 4.79 Å². The van der Waals surface area contributed by atoms with Crippen LogP contribution in [0.5, 0.6) is 0 Å². The normalized spacial score (nSPS) is 49.9. The quantitative estimate of drug-likeness (QED) is 0.573. The van der Waals surface area contributed by atoms with Crippen molar-refractivity contribution >= 4 is 5.78 Å². The molecule has 4 saturated carbocycles. The standard InChI is InChI=1S/C24H40O4/c1-6-7-10-22(3)14-19(28-15-26-4)24-13-17(24)8-11-23(16(2)21(22)25)12-9-18(27-5)20(23)24/h16-20H,6-15H2,1-5H3/t16-,17-,18+,19+,20?,22+,23?,24-/m0/s1. The van der Waals surface area contributed by atoms with Crippen molar-refractivity contribution in [3.63, 3.8) is 0 Å². The second-order valence-corrected chi connectivity index (χ2v) is 10.6. The molecule has 0 amide bonds. The smallest absolute Gasteiger partial charge is 0.146 e. The van der Waals surface area contributed by atoms with Crippen molar-refractivity contribution in [1.82, 2.24) is 0 Å². The third-order valence-electron chi connectivity index (χ3n) is 9.48. The maximum Gasteiger partial charge on any atom is 0.146 e. The summed E-state index contributed by atoms with van der Waals surface area (Å²) in [7, 11) is 3.57. The SMILES string of the molecule is CCCC[C@]1(C)C[C@@H](OCOC)[C@]23C[C@@H]2CCC2(CC[C@@H](OC)C23)[C@@H](C)C1=O. The average Bonchev–Trinajstić information content (AvgIpc) is 3.33. The van der Waals surface area contributed by atoms with E-state index >= 15 is 0 Å². The van der Waals surface area contributed by atoms with Crippen LogP contribution in [0.25, 0.3) is 0 Å². The number of methoxy groups -OCH3 is 2. The number of rotatable bonds is 7. The molecule has 0 aromatic carbocycles. The fourth-order valence-corrected chi connectivity index (χ4v) is 8.02. The lowest BCUT2D eigenvalue weighted by Gasteiger charge is -2.55. The van der Waals surface area contributed by atoms with Gasteiger partial charge in [0, 0.05) is 31.0 Å². The molecule has 0 radical (unpaired) electrons. The molecule has 0 N–H and O–H groups in total. The summed E-state index contributed by atoms with van der Waals surface area (Å²) in [5.41, 5.74) is 0.0121. The van der Waals surface area contributed by atoms with Crippen LogP contribution >= 0.6 is 0 Å². The first-order valence-corrected chi connectivity index (χ1v) is 11.6. The van der Waals surface area contributed by atoms with Crippen LogP contribution in [-0.2, 0) is 19.0 Å². The molecule has 160 valence electrons. The highest BCUT2D eigenvalue weighted by Crippen LogP contribution is 2.78. The van der Waals surface area contributed by atoms with Gasteiger partial charge in [0.25, 0.3) is 0 Å². The molecule has 4 heteroatoms. The van der Waals surface area contributed by atoms with Crippen LogP contribution in [0.2, 0.25) is 0 Å². The number of ketones is 1. The van der Waals surface area contributed by atoms with Crippen molar-refractivity contribution in [2.24, 2.45) is 34.0 Å². The van der Waals surface area contributed by atoms with Gasteiger partial charge in [0.05, 0.1) is 12.2 Å². The number of unbranched alkanes of at least 4 members (excludes halogenated alkanes) is 1. The Morgan fingerprint density at radius 1 is 1.14 bits per heavy atom. The molecule has 2 unspecified atom stereocenters. The number of carbonyl (C=O) groups excluding carboxylic acids is 1. The van der Waals surface area contributed by atoms with Crippen LogP contribution in [0, 0.1) is 34.0 Å². The summed E-state index contributed by atoms with van der Waals surface area (Å²) in [4.78, 5) is 14.0. The van der Waals surface area contributed by atoms with Crippen LogP contribution in [-0.4, -0.2) is 39.0 Å². The largest absolute Gasteiger partial charge is 0.381 e. The van der Waals surface area contributed by atoms with Gasteiger partial charge in [-0.1, -0.05) is 33.6 Å². The summed E-state index contributed by atoms with van der Waals surface area (Å²) in [6, 6.07) is 0. The zero-order valence-corrected chi connectivity index (χ0v) is 18.6. The van der Waals surface area contributed by atoms with Crippen molar-refractivity contribution < 1.29 is 19.0 Å². The predicted molar refractivity (Wildman–Crippen MR) is 109 cm³/mol. The van der Waals surface area contributed by atoms with Crippen molar-refractivity contribution in [2.75, 3.05) is 21.0 Å². The summed E-state index contributed by atoms with van der Waals surface area (Å²) < 4.78 is 17.8. The molecule has 4 aliphatic rings. The van der Waals surface area contributed by atoms with Gasteiger partial charge >= 0.3 is 0 Å². The zero-order chi connectivity index (χ0) is 20.2. The lowest BCUT2D eigenvalue weighted by molar-refractivity contribution is -0.182. The second-order valence-electron chi connectivity index (χ2n) is 10.6. The van der Waals surface area contributed by atoms with E-state index in [4.69, 9.17) is 14.2 Å². The zero-order valence-electron chi connectivity index (χ0n) is 18.6. The number of Topliss-reactive ketones (excluding diaryl/α,β-unsaturated/α-hetero) is 1. The minimum Gasteiger partial charge on any atom is -0.381 e. The Labute approximate surface area is 171 Å². The Hall–Kier alpha value is -0.450. The third kappa shape index (κ3) is 2.77. The molecule has 0 aromatic heterocycles. The van der Waals surface area contributed by atoms with Crippen molar-refractivity contribution in [2.45, 2.75) is 90.8 Å². The number of carbonyl (C=O) groups is 1. The summed E-state index contributed by atoms with van der Waals surface area (Å²) >= 11 is 0. The van der Waals surface area contributed by atoms with Gasteiger partial charge in [-0.2, -0.15) is 0 Å². The molecule has 4 rings (SSSR count). The van der Waals surface area contributed by atoms with Gasteiger partial charge in [-0.3, -0.25) is 4.79 Å². The molecule has 8 atom stereocenters. The van der Waals surface area contributed by atoms with E-state index in [0.717, 1.165) is 44.4 Å². The fourth-order valence-electron chi connectivity index (χ4n) is 8.02. The van der Waals surface area contributed by atoms with E-state index in [1.165, 1.54) is 19.3 Å². The molecule has 0 aromatic rings. The highest BCUT2D eigenvalue weighted by atomic mass is 16.7. The second kappa shape index (κ2) is 7.35. The van der Waals surface area contributed by atoms with Gasteiger partial charge in [-0.05, 0) is 62.2 Å². The van der Waals surface area contributed by atoms with Crippen LogP contribution < -0.4 is 0 Å². The first-order chi connectivity index (χ1) is 13.4. The topological polar surface area (TPSA) is 44.8 Å². The van der Waals surface area contributed by atoms with Gasteiger partial charge in [-0.25, -0.2) is 0 Å². The Morgan fingerprint density at radius 3 is 2.57 bits per heavy atom. The van der Waals surface area contributed by atoms with Crippen LogP contribution in [0.4, 0.5) is 0 Å². The van der Waals surface area contributed by atoms with Gasteiger partial charge in [-0.15, -0.1) is 0 Å². The van der Waals surface area contributed by atoms with E-state index in [0.29, 0.717) is 18.5 Å². The highest BCUT2D eigenvalue weighted by molar-refractivity contribution is 5.87. The number of hydrogen-bond acceptors (Lipinski definition) is 4. The highest BCUT2D eigenvalue weighted by Gasteiger charge is 2.76. The van der Waals surface area contributed by atoms with Crippen LogP contribution in [0.15, 0.2) is 0 Å². The molecule has 28 heavy (non-hydrogen) atoms. The van der Waals surface area contributed by atoms with Crippen LogP contribution in [0.1, 0.15) is 78.6 Å².